The number of halogens is 1. The van der Waals surface area contributed by atoms with E-state index < -0.39 is 5.12 Å². The Hall–Kier alpha value is -0.290. The first kappa shape index (κ1) is 10.8. The van der Waals surface area contributed by atoms with Gasteiger partial charge in [-0.15, -0.1) is 10.2 Å². The summed E-state index contributed by atoms with van der Waals surface area (Å²) in [7, 11) is 0. The molecule has 0 aromatic heterocycles. The van der Waals surface area contributed by atoms with E-state index in [1.807, 2.05) is 30.3 Å². The van der Waals surface area contributed by atoms with E-state index in [4.69, 9.17) is 11.6 Å². The molecule has 0 N–H and O–H groups in total. The molecule has 13 heavy (non-hydrogen) atoms. The standard InChI is InChI=1S/C7H5ClN4.Na.H/c8-7(9-11-12-10-7)6-4-2-1-3-5-6;;/h1-5H;;/q;+1;-1. The number of hydrogen-bond donors (Lipinski definition) is 0. The molecule has 0 aliphatic carbocycles. The number of hydrogen-bond acceptors (Lipinski definition) is 4. The minimum absolute atomic E-state index is 0. The average Bonchev–Trinajstić information content (AvgIpc) is 2.55. The van der Waals surface area contributed by atoms with Crippen LogP contribution in [0.25, 0.3) is 0 Å². The largest absolute Gasteiger partial charge is 1.00 e. The van der Waals surface area contributed by atoms with E-state index in [-0.39, 0.29) is 31.0 Å². The summed E-state index contributed by atoms with van der Waals surface area (Å²) in [6, 6.07) is 9.28. The summed E-state index contributed by atoms with van der Waals surface area (Å²) in [5, 5.41) is 13.0. The first-order valence-electron chi connectivity index (χ1n) is 3.40. The van der Waals surface area contributed by atoms with Crippen LogP contribution < -0.4 is 29.6 Å². The fourth-order valence-corrected chi connectivity index (χ4v) is 1.14. The fraction of sp³-hybridized carbons (Fsp3) is 0.143. The Labute approximate surface area is 104 Å². The number of alkyl halides is 1. The van der Waals surface area contributed by atoms with Gasteiger partial charge in [-0.25, -0.2) is 0 Å². The van der Waals surface area contributed by atoms with Crippen molar-refractivity contribution in [2.45, 2.75) is 5.12 Å². The summed E-state index contributed by atoms with van der Waals surface area (Å²) in [5.74, 6) is 0. The smallest absolute Gasteiger partial charge is 1.00 e. The molecule has 2 rings (SSSR count). The Balaban J connectivity index is 0.000000845. The van der Waals surface area contributed by atoms with Crippen molar-refractivity contribution < 1.29 is 31.0 Å². The van der Waals surface area contributed by atoms with Gasteiger partial charge in [-0.1, -0.05) is 41.9 Å². The normalized spacial score (nSPS) is 17.0. The van der Waals surface area contributed by atoms with Crippen molar-refractivity contribution in [1.29, 1.82) is 0 Å². The van der Waals surface area contributed by atoms with Crippen LogP contribution in [0.5, 0.6) is 0 Å². The van der Waals surface area contributed by atoms with Gasteiger partial charge in [-0.2, -0.15) is 0 Å². The first-order valence-corrected chi connectivity index (χ1v) is 3.77. The first-order chi connectivity index (χ1) is 5.81. The second kappa shape index (κ2) is 4.28. The molecule has 1 aliphatic rings. The maximum Gasteiger partial charge on any atom is 1.00 e. The van der Waals surface area contributed by atoms with Crippen LogP contribution in [0, 0.1) is 0 Å². The average molecular weight is 205 g/mol. The van der Waals surface area contributed by atoms with Crippen LogP contribution in [0.15, 0.2) is 51.0 Å². The van der Waals surface area contributed by atoms with E-state index in [1.54, 1.807) is 0 Å². The molecule has 0 saturated carbocycles. The zero-order valence-corrected chi connectivity index (χ0v) is 9.81. The Morgan fingerprint density at radius 1 is 1.08 bits per heavy atom. The van der Waals surface area contributed by atoms with E-state index in [1.165, 1.54) is 0 Å². The minimum atomic E-state index is -1.12. The third-order valence-electron chi connectivity index (χ3n) is 1.54. The topological polar surface area (TPSA) is 49.4 Å². The summed E-state index contributed by atoms with van der Waals surface area (Å²) < 4.78 is 0. The molecule has 0 fully saturated rings. The molecular weight excluding hydrogens is 199 g/mol. The van der Waals surface area contributed by atoms with Gasteiger partial charge in [0.2, 0.25) is 0 Å². The van der Waals surface area contributed by atoms with Crippen molar-refractivity contribution >= 4 is 11.6 Å². The van der Waals surface area contributed by atoms with Crippen molar-refractivity contribution in [2.75, 3.05) is 0 Å². The van der Waals surface area contributed by atoms with Gasteiger partial charge >= 0.3 is 29.6 Å². The molecule has 1 aromatic rings. The summed E-state index contributed by atoms with van der Waals surface area (Å²) in [5.41, 5.74) is 0.775. The predicted octanol–water partition coefficient (Wildman–Crippen LogP) is -0.0148. The van der Waals surface area contributed by atoms with E-state index >= 15 is 0 Å². The summed E-state index contributed by atoms with van der Waals surface area (Å²) >= 11 is 5.98. The third-order valence-corrected chi connectivity index (χ3v) is 1.90. The summed E-state index contributed by atoms with van der Waals surface area (Å²) in [6.45, 7) is 0. The van der Waals surface area contributed by atoms with Crippen molar-refractivity contribution in [1.82, 2.24) is 0 Å². The predicted molar refractivity (Wildman–Crippen MR) is 44.8 cm³/mol. The van der Waals surface area contributed by atoms with Crippen LogP contribution in [0.1, 0.15) is 6.99 Å². The molecule has 1 aliphatic heterocycles. The molecule has 0 amide bonds. The fourth-order valence-electron chi connectivity index (χ4n) is 0.944. The van der Waals surface area contributed by atoms with Crippen molar-refractivity contribution in [2.24, 2.45) is 20.7 Å². The van der Waals surface area contributed by atoms with Gasteiger partial charge in [0.05, 0.1) is 0 Å². The van der Waals surface area contributed by atoms with Crippen LogP contribution in [0.3, 0.4) is 0 Å². The zero-order chi connectivity index (χ0) is 8.44. The molecule has 1 heterocycles. The number of rotatable bonds is 1. The van der Waals surface area contributed by atoms with E-state index in [2.05, 4.69) is 20.7 Å². The molecule has 0 saturated heterocycles. The monoisotopic (exact) mass is 204 g/mol. The maximum atomic E-state index is 5.98. The maximum absolute atomic E-state index is 5.98. The third kappa shape index (κ3) is 2.14. The van der Waals surface area contributed by atoms with Gasteiger partial charge in [0, 0.05) is 5.56 Å². The van der Waals surface area contributed by atoms with Crippen LogP contribution in [0.4, 0.5) is 0 Å². The molecule has 62 valence electrons. The molecule has 0 spiro atoms. The van der Waals surface area contributed by atoms with Crippen molar-refractivity contribution in [3.8, 4) is 0 Å². The van der Waals surface area contributed by atoms with Gasteiger partial charge in [0.25, 0.3) is 5.12 Å². The molecule has 6 heteroatoms. The molecular formula is C7H6ClN4Na. The zero-order valence-electron chi connectivity index (χ0n) is 8.05. The van der Waals surface area contributed by atoms with Gasteiger partial charge < -0.3 is 1.43 Å². The SMILES string of the molecule is ClC1(c2ccccc2)N=NN=N1.[H-].[Na+]. The molecule has 1 aromatic carbocycles. The van der Waals surface area contributed by atoms with Crippen molar-refractivity contribution in [3.05, 3.63) is 35.9 Å². The van der Waals surface area contributed by atoms with Crippen LogP contribution in [-0.2, 0) is 5.12 Å². The van der Waals surface area contributed by atoms with E-state index in [0.29, 0.717) is 0 Å². The van der Waals surface area contributed by atoms with Gasteiger partial charge in [0.15, 0.2) is 0 Å². The minimum Gasteiger partial charge on any atom is -1.00 e. The molecule has 0 unspecified atom stereocenters. The van der Waals surface area contributed by atoms with Gasteiger partial charge in [0.1, 0.15) is 0 Å². The Morgan fingerprint density at radius 2 is 1.62 bits per heavy atom. The Kier molecular flexibility index (Phi) is 3.55. The Morgan fingerprint density at radius 3 is 2.15 bits per heavy atom. The second-order valence-electron chi connectivity index (χ2n) is 2.33. The summed E-state index contributed by atoms with van der Waals surface area (Å²) in [6.07, 6.45) is 0. The van der Waals surface area contributed by atoms with E-state index in [9.17, 15) is 0 Å². The Bertz CT molecular complexity index is 331. The van der Waals surface area contributed by atoms with E-state index in [0.717, 1.165) is 5.56 Å². The van der Waals surface area contributed by atoms with Crippen LogP contribution in [0.2, 0.25) is 0 Å². The number of benzene rings is 1. The van der Waals surface area contributed by atoms with Gasteiger partial charge in [-0.05, 0) is 10.4 Å². The molecule has 4 nitrogen and oxygen atoms in total. The molecule has 0 atom stereocenters. The van der Waals surface area contributed by atoms with Crippen LogP contribution in [-0.4, -0.2) is 0 Å². The quantitative estimate of drug-likeness (QED) is 0.351. The second-order valence-corrected chi connectivity index (χ2v) is 2.86. The molecule has 0 bridgehead atoms. The molecule has 0 radical (unpaired) electrons. The van der Waals surface area contributed by atoms with Gasteiger partial charge in [-0.3, -0.25) is 0 Å². The summed E-state index contributed by atoms with van der Waals surface area (Å²) in [4.78, 5) is 0. The number of nitrogens with zero attached hydrogens (tertiary/aromatic N) is 4. The van der Waals surface area contributed by atoms with Crippen LogP contribution >= 0.6 is 11.6 Å². The van der Waals surface area contributed by atoms with Crippen molar-refractivity contribution in [3.63, 3.8) is 0 Å².